The van der Waals surface area contributed by atoms with Crippen LogP contribution in [0, 0.1) is 0 Å². The number of ether oxygens (including phenoxy) is 2. The fourth-order valence-corrected chi connectivity index (χ4v) is 3.43. The van der Waals surface area contributed by atoms with E-state index < -0.39 is 0 Å². The van der Waals surface area contributed by atoms with Crippen LogP contribution in [0.3, 0.4) is 0 Å². The Morgan fingerprint density at radius 2 is 1.86 bits per heavy atom. The summed E-state index contributed by atoms with van der Waals surface area (Å²) < 4.78 is 10.5. The Labute approximate surface area is 173 Å². The van der Waals surface area contributed by atoms with Crippen LogP contribution >= 0.6 is 11.8 Å². The molecule has 0 fully saturated rings. The highest BCUT2D eigenvalue weighted by molar-refractivity contribution is 8.14. The average Bonchev–Trinajstić information content (AvgIpc) is 3.00. The number of nitrogens with one attached hydrogen (secondary N) is 1. The van der Waals surface area contributed by atoms with Gasteiger partial charge in [-0.05, 0) is 35.9 Å². The number of amidine groups is 1. The van der Waals surface area contributed by atoms with Crippen molar-refractivity contribution in [2.75, 3.05) is 32.3 Å². The summed E-state index contributed by atoms with van der Waals surface area (Å²) in [6.45, 7) is 0. The molecule has 0 unspecified atom stereocenters. The van der Waals surface area contributed by atoms with Crippen molar-refractivity contribution in [2.24, 2.45) is 4.99 Å². The first-order valence-electron chi connectivity index (χ1n) is 8.80. The minimum absolute atomic E-state index is 0.148. The average molecular weight is 411 g/mol. The molecule has 0 saturated heterocycles. The molecule has 0 radical (unpaired) electrons. The number of amides is 2. The van der Waals surface area contributed by atoms with Crippen LogP contribution in [-0.2, 0) is 9.59 Å². The summed E-state index contributed by atoms with van der Waals surface area (Å²) in [5, 5.41) is 3.28. The summed E-state index contributed by atoms with van der Waals surface area (Å²) >= 11 is 1.21. The van der Waals surface area contributed by atoms with Crippen molar-refractivity contribution in [3.8, 4) is 11.5 Å². The van der Waals surface area contributed by atoms with Crippen LogP contribution in [0.4, 0.5) is 5.69 Å². The van der Waals surface area contributed by atoms with Crippen LogP contribution in [0.25, 0.3) is 6.08 Å². The molecular formula is C21H21N3O4S. The van der Waals surface area contributed by atoms with Crippen molar-refractivity contribution in [2.45, 2.75) is 0 Å². The van der Waals surface area contributed by atoms with Crippen molar-refractivity contribution in [1.29, 1.82) is 0 Å². The van der Waals surface area contributed by atoms with Gasteiger partial charge in [0.15, 0.2) is 16.7 Å². The zero-order valence-electron chi connectivity index (χ0n) is 16.3. The number of benzene rings is 2. The van der Waals surface area contributed by atoms with E-state index >= 15 is 0 Å². The van der Waals surface area contributed by atoms with Gasteiger partial charge >= 0.3 is 0 Å². The molecule has 8 heteroatoms. The van der Waals surface area contributed by atoms with E-state index in [4.69, 9.17) is 9.47 Å². The number of para-hydroxylation sites is 1. The first-order valence-corrected chi connectivity index (χ1v) is 9.78. The lowest BCUT2D eigenvalue weighted by molar-refractivity contribution is -0.121. The minimum atomic E-state index is -0.231. The van der Waals surface area contributed by atoms with Gasteiger partial charge in [-0.25, -0.2) is 4.99 Å². The Morgan fingerprint density at radius 3 is 2.55 bits per heavy atom. The first-order chi connectivity index (χ1) is 14.0. The maximum Gasteiger partial charge on any atom is 0.278 e. The van der Waals surface area contributed by atoms with Gasteiger partial charge in [0.05, 0.1) is 20.0 Å². The Hall–Kier alpha value is -3.26. The molecule has 2 amide bonds. The topological polar surface area (TPSA) is 80.2 Å². The van der Waals surface area contributed by atoms with Gasteiger partial charge in [-0.15, -0.1) is 0 Å². The van der Waals surface area contributed by atoms with Gasteiger partial charge in [0.25, 0.3) is 5.91 Å². The van der Waals surface area contributed by atoms with Crippen molar-refractivity contribution in [3.63, 3.8) is 0 Å². The first kappa shape index (κ1) is 20.5. The zero-order valence-corrected chi connectivity index (χ0v) is 17.2. The third kappa shape index (κ3) is 4.97. The summed E-state index contributed by atoms with van der Waals surface area (Å²) in [4.78, 5) is 30.5. The second-order valence-electron chi connectivity index (χ2n) is 6.11. The standard InChI is InChI=1S/C21H21N3O4S/c1-24-20(26)16(11-14-9-10-17(27-2)18(12-14)28-3)23-21(24)29-13-19(25)22-15-7-5-4-6-8-15/h4-12H,13H2,1-3H3,(H,22,25)/b16-11+. The van der Waals surface area contributed by atoms with E-state index in [-0.39, 0.29) is 17.6 Å². The molecule has 0 aromatic heterocycles. The Balaban J connectivity index is 1.69. The van der Waals surface area contributed by atoms with Crippen LogP contribution < -0.4 is 14.8 Å². The fraction of sp³-hybridized carbons (Fsp3) is 0.190. The predicted molar refractivity (Wildman–Crippen MR) is 115 cm³/mol. The van der Waals surface area contributed by atoms with Gasteiger partial charge in [-0.1, -0.05) is 36.0 Å². The molecule has 150 valence electrons. The molecule has 3 rings (SSSR count). The summed E-state index contributed by atoms with van der Waals surface area (Å²) in [6.07, 6.45) is 1.68. The highest BCUT2D eigenvalue weighted by Crippen LogP contribution is 2.29. The number of thioether (sulfide) groups is 1. The van der Waals surface area contributed by atoms with Gasteiger partial charge in [0.1, 0.15) is 5.70 Å². The Kier molecular flexibility index (Phi) is 6.56. The maximum atomic E-state index is 12.5. The summed E-state index contributed by atoms with van der Waals surface area (Å²) in [5.74, 6) is 0.924. The third-order valence-electron chi connectivity index (χ3n) is 4.13. The molecule has 0 saturated carbocycles. The summed E-state index contributed by atoms with van der Waals surface area (Å²) in [7, 11) is 4.75. The van der Waals surface area contributed by atoms with Crippen molar-refractivity contribution in [3.05, 3.63) is 59.8 Å². The molecule has 7 nitrogen and oxygen atoms in total. The molecule has 1 aliphatic heterocycles. The number of methoxy groups -OCH3 is 2. The maximum absolute atomic E-state index is 12.5. The zero-order chi connectivity index (χ0) is 20.8. The molecule has 2 aromatic carbocycles. The van der Waals surface area contributed by atoms with Crippen molar-refractivity contribution < 1.29 is 19.1 Å². The van der Waals surface area contributed by atoms with E-state index in [2.05, 4.69) is 10.3 Å². The molecule has 0 aliphatic carbocycles. The van der Waals surface area contributed by atoms with E-state index in [1.807, 2.05) is 36.4 Å². The number of anilines is 1. The lowest BCUT2D eigenvalue weighted by Gasteiger charge is -2.11. The molecule has 0 bridgehead atoms. The van der Waals surface area contributed by atoms with Crippen molar-refractivity contribution >= 4 is 40.5 Å². The smallest absolute Gasteiger partial charge is 0.278 e. The van der Waals surface area contributed by atoms with Crippen LogP contribution in [0.1, 0.15) is 5.56 Å². The number of carbonyl (C=O) groups is 2. The fourth-order valence-electron chi connectivity index (χ4n) is 2.66. The normalized spacial score (nSPS) is 14.7. The Morgan fingerprint density at radius 1 is 1.14 bits per heavy atom. The van der Waals surface area contributed by atoms with Gasteiger partial charge in [-0.2, -0.15) is 0 Å². The number of aliphatic imine (C=N–C) groups is 1. The second kappa shape index (κ2) is 9.29. The lowest BCUT2D eigenvalue weighted by Crippen LogP contribution is -2.27. The largest absolute Gasteiger partial charge is 0.493 e. The minimum Gasteiger partial charge on any atom is -0.493 e. The molecule has 0 spiro atoms. The lowest BCUT2D eigenvalue weighted by atomic mass is 10.1. The van der Waals surface area contributed by atoms with Gasteiger partial charge in [0, 0.05) is 12.7 Å². The van der Waals surface area contributed by atoms with Crippen LogP contribution in [-0.4, -0.2) is 48.9 Å². The molecule has 1 N–H and O–H groups in total. The molecule has 1 heterocycles. The molecular weight excluding hydrogens is 390 g/mol. The predicted octanol–water partition coefficient (Wildman–Crippen LogP) is 3.24. The number of likely N-dealkylation sites (N-methyl/N-ethyl adjacent to an activating group) is 1. The third-order valence-corrected chi connectivity index (χ3v) is 5.16. The van der Waals surface area contributed by atoms with Crippen molar-refractivity contribution in [1.82, 2.24) is 4.90 Å². The number of nitrogens with zero attached hydrogens (tertiary/aromatic N) is 2. The van der Waals surface area contributed by atoms with Crippen LogP contribution in [0.15, 0.2) is 59.2 Å². The summed E-state index contributed by atoms with van der Waals surface area (Å²) in [6, 6.07) is 14.6. The highest BCUT2D eigenvalue weighted by atomic mass is 32.2. The molecule has 2 aromatic rings. The van der Waals surface area contributed by atoms with E-state index in [1.165, 1.54) is 16.7 Å². The number of rotatable bonds is 6. The van der Waals surface area contributed by atoms with Gasteiger partial charge in [-0.3, -0.25) is 14.5 Å². The number of hydrogen-bond acceptors (Lipinski definition) is 6. The molecule has 1 aliphatic rings. The monoisotopic (exact) mass is 411 g/mol. The second-order valence-corrected chi connectivity index (χ2v) is 7.05. The number of hydrogen-bond donors (Lipinski definition) is 1. The van der Waals surface area contributed by atoms with Gasteiger partial charge < -0.3 is 14.8 Å². The van der Waals surface area contributed by atoms with E-state index in [1.54, 1.807) is 39.5 Å². The number of carbonyl (C=O) groups excluding carboxylic acids is 2. The summed E-state index contributed by atoms with van der Waals surface area (Å²) in [5.41, 5.74) is 1.78. The molecule has 29 heavy (non-hydrogen) atoms. The van der Waals surface area contributed by atoms with E-state index in [0.717, 1.165) is 11.3 Å². The van der Waals surface area contributed by atoms with Crippen LogP contribution in [0.5, 0.6) is 11.5 Å². The Bertz CT molecular complexity index is 973. The van der Waals surface area contributed by atoms with E-state index in [9.17, 15) is 9.59 Å². The van der Waals surface area contributed by atoms with Crippen LogP contribution in [0.2, 0.25) is 0 Å². The van der Waals surface area contributed by atoms with E-state index in [0.29, 0.717) is 22.4 Å². The molecule has 0 atom stereocenters. The van der Waals surface area contributed by atoms with Gasteiger partial charge in [0.2, 0.25) is 5.91 Å². The highest BCUT2D eigenvalue weighted by Gasteiger charge is 2.27. The SMILES string of the molecule is COc1ccc(/C=C2/N=C(SCC(=O)Nc3ccccc3)N(C)C2=O)cc1OC. The quantitative estimate of drug-likeness (QED) is 0.738.